The Labute approximate surface area is 131 Å². The van der Waals surface area contributed by atoms with E-state index in [9.17, 15) is 10.1 Å². The standard InChI is InChI=1S/C15H15IN2O2/c1-10-5-3-4-6-13(10)11(2)17-14-8-7-12(16)9-15(14)18(19)20/h3-9,11,17H,1-2H3. The van der Waals surface area contributed by atoms with Gasteiger partial charge in [-0.05, 0) is 59.7 Å². The maximum atomic E-state index is 11.1. The number of nitrogens with one attached hydrogen (secondary N) is 1. The number of nitrogens with zero attached hydrogens (tertiary/aromatic N) is 1. The molecular formula is C15H15IN2O2. The Kier molecular flexibility index (Phi) is 4.59. The zero-order chi connectivity index (χ0) is 14.7. The second-order valence-electron chi connectivity index (χ2n) is 4.64. The molecule has 0 aliphatic carbocycles. The van der Waals surface area contributed by atoms with Crippen molar-refractivity contribution in [2.75, 3.05) is 5.32 Å². The molecule has 0 aliphatic rings. The molecule has 2 aromatic rings. The number of nitro groups is 1. The molecule has 0 amide bonds. The van der Waals surface area contributed by atoms with E-state index in [-0.39, 0.29) is 16.7 Å². The molecule has 4 nitrogen and oxygen atoms in total. The van der Waals surface area contributed by atoms with Crippen molar-refractivity contribution in [3.63, 3.8) is 0 Å². The molecule has 1 atom stereocenters. The molecule has 0 radical (unpaired) electrons. The van der Waals surface area contributed by atoms with Crippen LogP contribution in [0.5, 0.6) is 0 Å². The van der Waals surface area contributed by atoms with Crippen LogP contribution in [0.1, 0.15) is 24.1 Å². The fraction of sp³-hybridized carbons (Fsp3) is 0.200. The van der Waals surface area contributed by atoms with Gasteiger partial charge in [-0.2, -0.15) is 0 Å². The number of halogens is 1. The molecule has 0 heterocycles. The summed E-state index contributed by atoms with van der Waals surface area (Å²) in [6, 6.07) is 13.2. The second kappa shape index (κ2) is 6.21. The predicted octanol–water partition coefficient (Wildman–Crippen LogP) is 4.68. The van der Waals surface area contributed by atoms with E-state index in [0.29, 0.717) is 5.69 Å². The van der Waals surface area contributed by atoms with E-state index in [0.717, 1.165) is 9.13 Å². The normalized spacial score (nSPS) is 11.9. The molecule has 1 N–H and O–H groups in total. The van der Waals surface area contributed by atoms with Crippen molar-refractivity contribution in [3.8, 4) is 0 Å². The van der Waals surface area contributed by atoms with Gasteiger partial charge in [0.1, 0.15) is 5.69 Å². The van der Waals surface area contributed by atoms with Crippen molar-refractivity contribution in [2.24, 2.45) is 0 Å². The van der Waals surface area contributed by atoms with Gasteiger partial charge in [-0.15, -0.1) is 0 Å². The zero-order valence-electron chi connectivity index (χ0n) is 11.3. The maximum Gasteiger partial charge on any atom is 0.293 e. The Morgan fingerprint density at radius 1 is 1.25 bits per heavy atom. The van der Waals surface area contributed by atoms with Crippen LogP contribution in [0, 0.1) is 20.6 Å². The Balaban J connectivity index is 2.31. The topological polar surface area (TPSA) is 55.2 Å². The fourth-order valence-electron chi connectivity index (χ4n) is 2.16. The summed E-state index contributed by atoms with van der Waals surface area (Å²) in [6.45, 7) is 4.04. The van der Waals surface area contributed by atoms with E-state index in [4.69, 9.17) is 0 Å². The van der Waals surface area contributed by atoms with E-state index >= 15 is 0 Å². The number of rotatable bonds is 4. The largest absolute Gasteiger partial charge is 0.373 e. The fourth-order valence-corrected chi connectivity index (χ4v) is 2.64. The second-order valence-corrected chi connectivity index (χ2v) is 5.89. The van der Waals surface area contributed by atoms with Gasteiger partial charge >= 0.3 is 0 Å². The molecule has 0 aromatic heterocycles. The Hall–Kier alpha value is -1.63. The summed E-state index contributed by atoms with van der Waals surface area (Å²) < 4.78 is 0.850. The summed E-state index contributed by atoms with van der Waals surface area (Å²) >= 11 is 2.07. The number of aryl methyl sites for hydroxylation is 1. The lowest BCUT2D eigenvalue weighted by Crippen LogP contribution is -2.09. The van der Waals surface area contributed by atoms with Crippen molar-refractivity contribution < 1.29 is 4.92 Å². The van der Waals surface area contributed by atoms with Crippen molar-refractivity contribution in [1.82, 2.24) is 0 Å². The van der Waals surface area contributed by atoms with Gasteiger partial charge in [0.25, 0.3) is 5.69 Å². The maximum absolute atomic E-state index is 11.1. The van der Waals surface area contributed by atoms with E-state index < -0.39 is 0 Å². The van der Waals surface area contributed by atoms with Crippen LogP contribution in [-0.2, 0) is 0 Å². The zero-order valence-corrected chi connectivity index (χ0v) is 13.4. The first-order valence-corrected chi connectivity index (χ1v) is 7.33. The molecule has 0 bridgehead atoms. The average Bonchev–Trinajstić information content (AvgIpc) is 2.41. The van der Waals surface area contributed by atoms with Gasteiger partial charge < -0.3 is 5.32 Å². The van der Waals surface area contributed by atoms with Crippen LogP contribution in [0.25, 0.3) is 0 Å². The third kappa shape index (κ3) is 3.27. The third-order valence-electron chi connectivity index (χ3n) is 3.18. The molecule has 104 valence electrons. The molecule has 0 saturated carbocycles. The highest BCUT2D eigenvalue weighted by Gasteiger charge is 2.17. The number of benzene rings is 2. The molecule has 1 unspecified atom stereocenters. The van der Waals surface area contributed by atoms with Crippen LogP contribution in [0.3, 0.4) is 0 Å². The lowest BCUT2D eigenvalue weighted by molar-refractivity contribution is -0.384. The first kappa shape index (κ1) is 14.8. The van der Waals surface area contributed by atoms with E-state index in [2.05, 4.69) is 27.9 Å². The molecule has 0 saturated heterocycles. The summed E-state index contributed by atoms with van der Waals surface area (Å²) in [5.41, 5.74) is 2.96. The van der Waals surface area contributed by atoms with Gasteiger partial charge in [-0.25, -0.2) is 0 Å². The summed E-state index contributed by atoms with van der Waals surface area (Å²) in [5.74, 6) is 0. The SMILES string of the molecule is Cc1ccccc1C(C)Nc1ccc(I)cc1[N+](=O)[O-]. The van der Waals surface area contributed by atoms with Crippen LogP contribution in [0.15, 0.2) is 42.5 Å². The molecule has 5 heteroatoms. The first-order valence-electron chi connectivity index (χ1n) is 6.25. The van der Waals surface area contributed by atoms with Gasteiger partial charge in [0.2, 0.25) is 0 Å². The predicted molar refractivity (Wildman–Crippen MR) is 89.0 cm³/mol. The van der Waals surface area contributed by atoms with Gasteiger partial charge in [-0.1, -0.05) is 24.3 Å². The lowest BCUT2D eigenvalue weighted by atomic mass is 10.0. The van der Waals surface area contributed by atoms with Gasteiger partial charge in [0.15, 0.2) is 0 Å². The Morgan fingerprint density at radius 3 is 2.60 bits per heavy atom. The summed E-state index contributed by atoms with van der Waals surface area (Å²) in [6.07, 6.45) is 0. The Bertz CT molecular complexity index is 644. The van der Waals surface area contributed by atoms with E-state index in [1.807, 2.05) is 44.2 Å². The molecular weight excluding hydrogens is 367 g/mol. The van der Waals surface area contributed by atoms with Crippen LogP contribution < -0.4 is 5.32 Å². The number of nitro benzene ring substituents is 1. The lowest BCUT2D eigenvalue weighted by Gasteiger charge is -2.17. The number of anilines is 1. The molecule has 0 aliphatic heterocycles. The molecule has 2 rings (SSSR count). The quantitative estimate of drug-likeness (QED) is 0.475. The van der Waals surface area contributed by atoms with Crippen LogP contribution >= 0.6 is 22.6 Å². The van der Waals surface area contributed by atoms with E-state index in [1.165, 1.54) is 5.56 Å². The summed E-state index contributed by atoms with van der Waals surface area (Å²) in [5, 5.41) is 14.4. The minimum Gasteiger partial charge on any atom is -0.373 e. The molecule has 20 heavy (non-hydrogen) atoms. The van der Waals surface area contributed by atoms with Gasteiger partial charge in [0.05, 0.1) is 4.92 Å². The summed E-state index contributed by atoms with van der Waals surface area (Å²) in [7, 11) is 0. The molecule has 2 aromatic carbocycles. The highest BCUT2D eigenvalue weighted by atomic mass is 127. The number of hydrogen-bond acceptors (Lipinski definition) is 3. The smallest absolute Gasteiger partial charge is 0.293 e. The first-order chi connectivity index (χ1) is 9.49. The molecule has 0 spiro atoms. The van der Waals surface area contributed by atoms with Crippen molar-refractivity contribution >= 4 is 34.0 Å². The van der Waals surface area contributed by atoms with Crippen LogP contribution in [-0.4, -0.2) is 4.92 Å². The Morgan fingerprint density at radius 2 is 1.95 bits per heavy atom. The monoisotopic (exact) mass is 382 g/mol. The average molecular weight is 382 g/mol. The van der Waals surface area contributed by atoms with E-state index in [1.54, 1.807) is 12.1 Å². The summed E-state index contributed by atoms with van der Waals surface area (Å²) in [4.78, 5) is 10.8. The van der Waals surface area contributed by atoms with Gasteiger partial charge in [0, 0.05) is 15.7 Å². The molecule has 0 fully saturated rings. The van der Waals surface area contributed by atoms with Crippen molar-refractivity contribution in [3.05, 3.63) is 67.3 Å². The highest BCUT2D eigenvalue weighted by Crippen LogP contribution is 2.30. The third-order valence-corrected chi connectivity index (χ3v) is 3.85. The van der Waals surface area contributed by atoms with Crippen LogP contribution in [0.2, 0.25) is 0 Å². The minimum atomic E-state index is -0.352. The minimum absolute atomic E-state index is 0.00922. The van der Waals surface area contributed by atoms with Gasteiger partial charge in [-0.3, -0.25) is 10.1 Å². The highest BCUT2D eigenvalue weighted by molar-refractivity contribution is 14.1. The van der Waals surface area contributed by atoms with Crippen molar-refractivity contribution in [2.45, 2.75) is 19.9 Å². The number of hydrogen-bond donors (Lipinski definition) is 1. The van der Waals surface area contributed by atoms with Crippen LogP contribution in [0.4, 0.5) is 11.4 Å². The van der Waals surface area contributed by atoms with Crippen molar-refractivity contribution in [1.29, 1.82) is 0 Å².